The van der Waals surface area contributed by atoms with Gasteiger partial charge in [0.2, 0.25) is 0 Å². The fourth-order valence-electron chi connectivity index (χ4n) is 8.57. The minimum atomic E-state index is 0.0725. The first-order valence-electron chi connectivity index (χ1n) is 18.4. The van der Waals surface area contributed by atoms with Crippen LogP contribution in [-0.4, -0.2) is 0 Å². The van der Waals surface area contributed by atoms with Crippen molar-refractivity contribution in [1.82, 2.24) is 0 Å². The zero-order chi connectivity index (χ0) is 34.0. The van der Waals surface area contributed by atoms with E-state index in [-0.39, 0.29) is 5.41 Å². The standard InChI is InChI=1S/C50H41N/c1-3-17-41(18-4-1)50(35-9-2-10-36-50)42-27-33-45(34-28-42)51(43-29-23-39(24-30-43)48-21-11-15-37-13-5-7-19-46(37)48)44-31-25-40(26-32-44)49-22-12-16-38-14-6-8-20-47(38)49/h1,3-8,11-34H,2,9-10,35-36H2. The van der Waals surface area contributed by atoms with Crippen molar-refractivity contribution in [3.05, 3.63) is 199 Å². The summed E-state index contributed by atoms with van der Waals surface area (Å²) in [5.74, 6) is 0. The van der Waals surface area contributed by atoms with Crippen LogP contribution in [0.15, 0.2) is 188 Å². The molecule has 8 aromatic carbocycles. The molecule has 0 unspecified atom stereocenters. The Bertz CT molecular complexity index is 2280. The molecular formula is C50H41N. The third-order valence-electron chi connectivity index (χ3n) is 11.2. The number of rotatable bonds is 7. The maximum atomic E-state index is 2.40. The zero-order valence-electron chi connectivity index (χ0n) is 28.9. The van der Waals surface area contributed by atoms with Gasteiger partial charge in [0.05, 0.1) is 0 Å². The van der Waals surface area contributed by atoms with Crippen LogP contribution >= 0.6 is 0 Å². The topological polar surface area (TPSA) is 3.24 Å². The summed E-state index contributed by atoms with van der Waals surface area (Å²) in [5.41, 5.74) is 11.3. The van der Waals surface area contributed by atoms with E-state index in [2.05, 4.69) is 193 Å². The molecule has 0 aromatic heterocycles. The molecule has 51 heavy (non-hydrogen) atoms. The Hall–Kier alpha value is -5.92. The Kier molecular flexibility index (Phi) is 8.18. The highest BCUT2D eigenvalue weighted by molar-refractivity contribution is 5.98. The first-order chi connectivity index (χ1) is 25.3. The third-order valence-corrected chi connectivity index (χ3v) is 11.2. The van der Waals surface area contributed by atoms with E-state index in [9.17, 15) is 0 Å². The van der Waals surface area contributed by atoms with Gasteiger partial charge in [-0.3, -0.25) is 0 Å². The molecule has 9 rings (SSSR count). The van der Waals surface area contributed by atoms with Crippen molar-refractivity contribution in [3.8, 4) is 22.3 Å². The molecule has 8 aromatic rings. The third kappa shape index (κ3) is 5.79. The highest BCUT2D eigenvalue weighted by atomic mass is 15.1. The molecule has 0 radical (unpaired) electrons. The Morgan fingerprint density at radius 1 is 0.333 bits per heavy atom. The van der Waals surface area contributed by atoms with Crippen LogP contribution in [0.2, 0.25) is 0 Å². The molecule has 246 valence electrons. The Balaban J connectivity index is 1.12. The molecule has 1 aliphatic carbocycles. The maximum absolute atomic E-state index is 2.40. The van der Waals surface area contributed by atoms with Crippen molar-refractivity contribution in [2.24, 2.45) is 0 Å². The van der Waals surface area contributed by atoms with Crippen molar-refractivity contribution < 1.29 is 0 Å². The van der Waals surface area contributed by atoms with Crippen LogP contribution in [0.5, 0.6) is 0 Å². The number of nitrogens with zero attached hydrogens (tertiary/aromatic N) is 1. The first-order valence-corrected chi connectivity index (χ1v) is 18.4. The summed E-state index contributed by atoms with van der Waals surface area (Å²) in [6.45, 7) is 0. The second-order valence-electron chi connectivity index (χ2n) is 14.0. The molecule has 0 amide bonds. The van der Waals surface area contributed by atoms with E-state index < -0.39 is 0 Å². The number of benzene rings is 8. The van der Waals surface area contributed by atoms with E-state index in [4.69, 9.17) is 0 Å². The fraction of sp³-hybridized carbons (Fsp3) is 0.120. The molecule has 0 aliphatic heterocycles. The second-order valence-corrected chi connectivity index (χ2v) is 14.0. The van der Waals surface area contributed by atoms with Crippen LogP contribution in [0.25, 0.3) is 43.8 Å². The van der Waals surface area contributed by atoms with Gasteiger partial charge in [-0.05, 0) is 104 Å². The van der Waals surface area contributed by atoms with Gasteiger partial charge >= 0.3 is 0 Å². The van der Waals surface area contributed by atoms with Crippen LogP contribution in [0.1, 0.15) is 43.2 Å². The zero-order valence-corrected chi connectivity index (χ0v) is 28.9. The molecule has 1 saturated carbocycles. The van der Waals surface area contributed by atoms with Crippen molar-refractivity contribution >= 4 is 38.6 Å². The molecule has 0 saturated heterocycles. The first kappa shape index (κ1) is 31.1. The van der Waals surface area contributed by atoms with Gasteiger partial charge in [0.15, 0.2) is 0 Å². The summed E-state index contributed by atoms with van der Waals surface area (Å²) in [4.78, 5) is 2.40. The van der Waals surface area contributed by atoms with Gasteiger partial charge in [-0.25, -0.2) is 0 Å². The molecule has 0 N–H and O–H groups in total. The van der Waals surface area contributed by atoms with Crippen molar-refractivity contribution in [2.75, 3.05) is 4.90 Å². The second kappa shape index (κ2) is 13.4. The molecule has 0 atom stereocenters. The van der Waals surface area contributed by atoms with Crippen molar-refractivity contribution in [2.45, 2.75) is 37.5 Å². The minimum Gasteiger partial charge on any atom is -0.311 e. The lowest BCUT2D eigenvalue weighted by molar-refractivity contribution is 0.346. The number of fused-ring (bicyclic) bond motifs is 2. The SMILES string of the molecule is c1ccc(C2(c3ccc(N(c4ccc(-c5cccc6ccccc56)cc4)c4ccc(-c5cccc6ccccc56)cc4)cc3)CCCCC2)cc1. The molecule has 1 heteroatoms. The van der Waals surface area contributed by atoms with Gasteiger partial charge in [-0.2, -0.15) is 0 Å². The summed E-state index contributed by atoms with van der Waals surface area (Å²) in [7, 11) is 0. The van der Waals surface area contributed by atoms with E-state index in [0.717, 1.165) is 17.1 Å². The summed E-state index contributed by atoms with van der Waals surface area (Å²) in [6.07, 6.45) is 6.27. The van der Waals surface area contributed by atoms with Crippen LogP contribution < -0.4 is 4.90 Å². The highest BCUT2D eigenvalue weighted by Gasteiger charge is 2.35. The predicted molar refractivity (Wildman–Crippen MR) is 217 cm³/mol. The summed E-state index contributed by atoms with van der Waals surface area (Å²) < 4.78 is 0. The molecule has 1 nitrogen and oxygen atoms in total. The largest absolute Gasteiger partial charge is 0.311 e. The number of hydrogen-bond donors (Lipinski definition) is 0. The van der Waals surface area contributed by atoms with Gasteiger partial charge in [0.25, 0.3) is 0 Å². The number of anilines is 3. The van der Waals surface area contributed by atoms with E-state index in [1.54, 1.807) is 0 Å². The van der Waals surface area contributed by atoms with Crippen LogP contribution in [0.4, 0.5) is 17.1 Å². The average Bonchev–Trinajstić information content (AvgIpc) is 3.22. The Morgan fingerprint density at radius 3 is 1.25 bits per heavy atom. The summed E-state index contributed by atoms with van der Waals surface area (Å²) in [5, 5.41) is 5.08. The van der Waals surface area contributed by atoms with Crippen LogP contribution in [0, 0.1) is 0 Å². The normalized spacial score (nSPS) is 14.0. The van der Waals surface area contributed by atoms with E-state index >= 15 is 0 Å². The number of hydrogen-bond acceptors (Lipinski definition) is 1. The summed E-state index contributed by atoms with van der Waals surface area (Å²) >= 11 is 0. The fourth-order valence-corrected chi connectivity index (χ4v) is 8.57. The van der Waals surface area contributed by atoms with E-state index in [1.807, 2.05) is 0 Å². The van der Waals surface area contributed by atoms with Crippen LogP contribution in [-0.2, 0) is 5.41 Å². The molecular weight excluding hydrogens is 615 g/mol. The van der Waals surface area contributed by atoms with Crippen LogP contribution in [0.3, 0.4) is 0 Å². The predicted octanol–water partition coefficient (Wildman–Crippen LogP) is 14.0. The van der Waals surface area contributed by atoms with Gasteiger partial charge in [-0.1, -0.05) is 171 Å². The smallest absolute Gasteiger partial charge is 0.0462 e. The quantitative estimate of drug-likeness (QED) is 0.165. The van der Waals surface area contributed by atoms with Crippen molar-refractivity contribution in [3.63, 3.8) is 0 Å². The molecule has 1 fully saturated rings. The van der Waals surface area contributed by atoms with Gasteiger partial charge in [0.1, 0.15) is 0 Å². The molecule has 1 aliphatic rings. The molecule has 0 heterocycles. The lowest BCUT2D eigenvalue weighted by Gasteiger charge is -2.39. The van der Waals surface area contributed by atoms with Crippen molar-refractivity contribution in [1.29, 1.82) is 0 Å². The van der Waals surface area contributed by atoms with Gasteiger partial charge < -0.3 is 4.90 Å². The lowest BCUT2D eigenvalue weighted by Crippen LogP contribution is -2.30. The summed E-state index contributed by atoms with van der Waals surface area (Å²) in [6, 6.07) is 69.3. The average molecular weight is 656 g/mol. The minimum absolute atomic E-state index is 0.0725. The highest BCUT2D eigenvalue weighted by Crippen LogP contribution is 2.46. The molecule has 0 spiro atoms. The Labute approximate surface area is 301 Å². The maximum Gasteiger partial charge on any atom is 0.0462 e. The lowest BCUT2D eigenvalue weighted by atomic mass is 9.65. The van der Waals surface area contributed by atoms with Gasteiger partial charge in [0, 0.05) is 22.5 Å². The molecule has 0 bridgehead atoms. The van der Waals surface area contributed by atoms with E-state index in [1.165, 1.54) is 87.0 Å². The monoisotopic (exact) mass is 655 g/mol. The Morgan fingerprint density at radius 2 is 0.745 bits per heavy atom. The van der Waals surface area contributed by atoms with E-state index in [0.29, 0.717) is 0 Å². The van der Waals surface area contributed by atoms with Gasteiger partial charge in [-0.15, -0.1) is 0 Å².